The number of fused-ring (bicyclic) bond motifs is 1. The molecule has 0 amide bonds. The van der Waals surface area contributed by atoms with E-state index in [0.29, 0.717) is 30.2 Å². The van der Waals surface area contributed by atoms with Crippen molar-refractivity contribution in [3.8, 4) is 17.1 Å². The molecular weight excluding hydrogens is 428 g/mol. The molecule has 4 heterocycles. The zero-order chi connectivity index (χ0) is 23.7. The summed E-state index contributed by atoms with van der Waals surface area (Å²) in [6.07, 6.45) is 2.73. The fraction of sp³-hybridized carbons (Fsp3) is 0.200. The van der Waals surface area contributed by atoms with Crippen molar-refractivity contribution in [2.45, 2.75) is 19.8 Å². The lowest BCUT2D eigenvalue weighted by Crippen LogP contribution is -2.03. The maximum Gasteiger partial charge on any atom is 0.269 e. The van der Waals surface area contributed by atoms with E-state index in [9.17, 15) is 0 Å². The van der Waals surface area contributed by atoms with Gasteiger partial charge in [0.2, 0.25) is 0 Å². The van der Waals surface area contributed by atoms with Crippen LogP contribution >= 0.6 is 0 Å². The summed E-state index contributed by atoms with van der Waals surface area (Å²) in [7, 11) is 3.49. The number of hydrogen-bond donors (Lipinski definition) is 1. The molecule has 0 aliphatic carbocycles. The number of benzene rings is 1. The number of rotatable bonds is 6. The van der Waals surface area contributed by atoms with Gasteiger partial charge in [-0.3, -0.25) is 9.98 Å². The van der Waals surface area contributed by atoms with Crippen LogP contribution in [-0.2, 0) is 19.9 Å². The Balaban J connectivity index is 1.55. The Labute approximate surface area is 197 Å². The van der Waals surface area contributed by atoms with Crippen LogP contribution < -0.4 is 10.1 Å². The van der Waals surface area contributed by atoms with Gasteiger partial charge in [0, 0.05) is 19.2 Å². The number of nitrogens with one attached hydrogen (secondary N) is 1. The molecule has 34 heavy (non-hydrogen) atoms. The third-order valence-corrected chi connectivity index (χ3v) is 5.55. The van der Waals surface area contributed by atoms with Crippen molar-refractivity contribution in [1.82, 2.24) is 24.7 Å². The number of aryl methyl sites for hydroxylation is 1. The molecule has 5 rings (SSSR count). The number of aromatic nitrogens is 5. The van der Waals surface area contributed by atoms with Gasteiger partial charge in [0.15, 0.2) is 11.6 Å². The van der Waals surface area contributed by atoms with Crippen LogP contribution in [0.25, 0.3) is 16.2 Å². The molecule has 168 valence electrons. The normalized spacial score (nSPS) is 12.1. The number of aliphatic imine (C=N–C) groups is 1. The maximum absolute atomic E-state index is 7.22. The van der Waals surface area contributed by atoms with Crippen LogP contribution in [0, 0.1) is 6.57 Å². The quantitative estimate of drug-likeness (QED) is 0.424. The van der Waals surface area contributed by atoms with Crippen LogP contribution in [0.3, 0.4) is 0 Å². The second-order valence-electron chi connectivity index (χ2n) is 7.97. The molecule has 0 saturated heterocycles. The number of anilines is 2. The van der Waals surface area contributed by atoms with Crippen molar-refractivity contribution >= 4 is 28.6 Å². The Hall–Kier alpha value is -4.58. The highest BCUT2D eigenvalue weighted by Crippen LogP contribution is 2.41. The molecule has 4 aromatic rings. The van der Waals surface area contributed by atoms with Gasteiger partial charge in [-0.05, 0) is 37.3 Å². The zero-order valence-corrected chi connectivity index (χ0v) is 19.1. The maximum atomic E-state index is 7.22. The Kier molecular flexibility index (Phi) is 5.47. The van der Waals surface area contributed by atoms with E-state index in [0.717, 1.165) is 45.4 Å². The van der Waals surface area contributed by atoms with Gasteiger partial charge in [-0.1, -0.05) is 18.7 Å². The smallest absolute Gasteiger partial charge is 0.269 e. The second kappa shape index (κ2) is 8.75. The van der Waals surface area contributed by atoms with Crippen LogP contribution in [-0.4, -0.2) is 37.6 Å². The summed E-state index contributed by atoms with van der Waals surface area (Å²) in [5, 5.41) is 7.70. The van der Waals surface area contributed by atoms with E-state index in [1.807, 2.05) is 50.4 Å². The summed E-state index contributed by atoms with van der Waals surface area (Å²) in [6, 6.07) is 13.3. The minimum absolute atomic E-state index is 0.376. The molecule has 0 unspecified atom stereocenters. The number of pyridine rings is 2. The van der Waals surface area contributed by atoms with Gasteiger partial charge >= 0.3 is 0 Å². The van der Waals surface area contributed by atoms with Gasteiger partial charge < -0.3 is 14.9 Å². The van der Waals surface area contributed by atoms with Crippen LogP contribution in [0.1, 0.15) is 24.0 Å². The molecule has 1 aromatic carbocycles. The first kappa shape index (κ1) is 21.3. The first-order chi connectivity index (χ1) is 16.6. The van der Waals surface area contributed by atoms with E-state index in [4.69, 9.17) is 21.3 Å². The highest BCUT2D eigenvalue weighted by atomic mass is 16.5. The van der Waals surface area contributed by atoms with Gasteiger partial charge in [0.1, 0.15) is 17.7 Å². The average Bonchev–Trinajstić information content (AvgIpc) is 3.43. The zero-order valence-electron chi connectivity index (χ0n) is 19.1. The number of methoxy groups -OCH3 is 1. The van der Waals surface area contributed by atoms with Crippen molar-refractivity contribution in [3.05, 3.63) is 77.3 Å². The largest absolute Gasteiger partial charge is 0.494 e. The summed E-state index contributed by atoms with van der Waals surface area (Å²) >= 11 is 0. The molecule has 1 N–H and O–H groups in total. The topological polar surface area (TPSA) is 94.5 Å². The van der Waals surface area contributed by atoms with E-state index in [-0.39, 0.29) is 0 Å². The number of ether oxygens (including phenoxy) is 1. The first-order valence-corrected chi connectivity index (χ1v) is 10.7. The number of para-hydroxylation sites is 1. The third kappa shape index (κ3) is 3.97. The lowest BCUT2D eigenvalue weighted by Gasteiger charge is -2.16. The van der Waals surface area contributed by atoms with Gasteiger partial charge in [-0.25, -0.2) is 9.67 Å². The highest BCUT2D eigenvalue weighted by molar-refractivity contribution is 5.95. The molecule has 0 radical (unpaired) electrons. The van der Waals surface area contributed by atoms with Crippen molar-refractivity contribution in [1.29, 1.82) is 0 Å². The number of nitrogens with zero attached hydrogens (tertiary/aromatic N) is 7. The summed E-state index contributed by atoms with van der Waals surface area (Å²) < 4.78 is 7.50. The van der Waals surface area contributed by atoms with Crippen LogP contribution in [0.15, 0.2) is 53.8 Å². The molecule has 9 heteroatoms. The van der Waals surface area contributed by atoms with E-state index in [2.05, 4.69) is 25.2 Å². The van der Waals surface area contributed by atoms with Crippen molar-refractivity contribution in [2.24, 2.45) is 12.0 Å². The molecule has 0 fully saturated rings. The Morgan fingerprint density at radius 3 is 2.74 bits per heavy atom. The third-order valence-electron chi connectivity index (χ3n) is 5.55. The Morgan fingerprint density at radius 2 is 1.97 bits per heavy atom. The summed E-state index contributed by atoms with van der Waals surface area (Å²) in [5.41, 5.74) is 6.86. The molecule has 9 nitrogen and oxygen atoms in total. The van der Waals surface area contributed by atoms with E-state index in [1.54, 1.807) is 17.9 Å². The lowest BCUT2D eigenvalue weighted by atomic mass is 10.1. The predicted octanol–water partition coefficient (Wildman–Crippen LogP) is 4.81. The van der Waals surface area contributed by atoms with Crippen molar-refractivity contribution in [2.75, 3.05) is 12.4 Å². The Morgan fingerprint density at radius 1 is 1.12 bits per heavy atom. The standard InChI is InChI=1S/C25H22N8O/c1-15-11-20-23(29-15)21(13-17(30-20)12-16-7-5-10-22(26-2)31-16)32-19-9-6-8-18(24(19)34-4)25-27-14-28-33(25)3/h5-10,13-14H,11-12H2,1,3-4H3,(H,30,32). The van der Waals surface area contributed by atoms with E-state index >= 15 is 0 Å². The van der Waals surface area contributed by atoms with Crippen LogP contribution in [0.5, 0.6) is 5.75 Å². The van der Waals surface area contributed by atoms with Crippen molar-refractivity contribution < 1.29 is 4.74 Å². The van der Waals surface area contributed by atoms with E-state index < -0.39 is 0 Å². The molecule has 0 bridgehead atoms. The molecule has 0 saturated carbocycles. The molecule has 0 atom stereocenters. The minimum Gasteiger partial charge on any atom is -0.494 e. The fourth-order valence-corrected chi connectivity index (χ4v) is 4.09. The monoisotopic (exact) mass is 450 g/mol. The van der Waals surface area contributed by atoms with E-state index in [1.165, 1.54) is 6.33 Å². The average molecular weight is 451 g/mol. The summed E-state index contributed by atoms with van der Waals surface area (Å²) in [6.45, 7) is 9.22. The first-order valence-electron chi connectivity index (χ1n) is 10.7. The SMILES string of the molecule is [C-]#[N+]c1cccc(Cc2cc(Nc3cccc(-c4ncnn4C)c3OC)c3c(n2)CC(C)=N3)n1. The molecule has 1 aliphatic rings. The minimum atomic E-state index is 0.376. The van der Waals surface area contributed by atoms with Gasteiger partial charge in [-0.15, -0.1) is 4.98 Å². The molecule has 1 aliphatic heterocycles. The number of hydrogen-bond acceptors (Lipinski definition) is 7. The van der Waals surface area contributed by atoms with Gasteiger partial charge in [0.25, 0.3) is 5.82 Å². The van der Waals surface area contributed by atoms with Crippen LogP contribution in [0.4, 0.5) is 22.9 Å². The highest BCUT2D eigenvalue weighted by Gasteiger charge is 2.21. The molecule has 0 spiro atoms. The van der Waals surface area contributed by atoms with Gasteiger partial charge in [0.05, 0.1) is 41.9 Å². The summed E-state index contributed by atoms with van der Waals surface area (Å²) in [5.74, 6) is 1.75. The fourth-order valence-electron chi connectivity index (χ4n) is 4.09. The lowest BCUT2D eigenvalue weighted by molar-refractivity contribution is 0.418. The Bertz CT molecular complexity index is 1460. The summed E-state index contributed by atoms with van der Waals surface area (Å²) in [4.78, 5) is 21.8. The molecular formula is C25H22N8O. The van der Waals surface area contributed by atoms with Crippen molar-refractivity contribution in [3.63, 3.8) is 0 Å². The van der Waals surface area contributed by atoms with Crippen LogP contribution in [0.2, 0.25) is 0 Å². The molecule has 3 aromatic heterocycles. The second-order valence-corrected chi connectivity index (χ2v) is 7.97. The van der Waals surface area contributed by atoms with Gasteiger partial charge in [-0.2, -0.15) is 5.10 Å². The predicted molar refractivity (Wildman–Crippen MR) is 130 cm³/mol.